The van der Waals surface area contributed by atoms with E-state index in [2.05, 4.69) is 11.0 Å². The summed E-state index contributed by atoms with van der Waals surface area (Å²) in [5, 5.41) is 0. The van der Waals surface area contributed by atoms with Crippen molar-refractivity contribution in [3.63, 3.8) is 0 Å². The average molecular weight is 357 g/mol. The van der Waals surface area contributed by atoms with Crippen molar-refractivity contribution in [2.24, 2.45) is 5.92 Å². The van der Waals surface area contributed by atoms with E-state index in [1.807, 2.05) is 12.1 Å². The van der Waals surface area contributed by atoms with Gasteiger partial charge >= 0.3 is 0 Å². The Hall–Kier alpha value is -1.71. The molecule has 4 nitrogen and oxygen atoms in total. The lowest BCUT2D eigenvalue weighted by Crippen LogP contribution is -2.41. The second-order valence-electron chi connectivity index (χ2n) is 8.19. The standard InChI is InChI=1S/C22H31NO3/c24-22(13-11-17-6-4-5-7-17)23(19-8-2-1-3-9-19)15-18-10-12-20-21(14-18)26-16-25-20/h10,12,14,17,19H,1-9,11,13,15-16H2. The Labute approximate surface area is 156 Å². The van der Waals surface area contributed by atoms with Crippen LogP contribution in [0.4, 0.5) is 0 Å². The molecule has 0 spiro atoms. The number of nitrogens with zero attached hydrogens (tertiary/aromatic N) is 1. The van der Waals surface area contributed by atoms with Crippen molar-refractivity contribution in [1.29, 1.82) is 0 Å². The third kappa shape index (κ3) is 4.16. The first-order chi connectivity index (χ1) is 12.8. The van der Waals surface area contributed by atoms with E-state index in [-0.39, 0.29) is 0 Å². The number of fused-ring (bicyclic) bond motifs is 1. The fraction of sp³-hybridized carbons (Fsp3) is 0.682. The van der Waals surface area contributed by atoms with E-state index >= 15 is 0 Å². The molecule has 142 valence electrons. The number of benzene rings is 1. The van der Waals surface area contributed by atoms with Crippen LogP contribution in [0.1, 0.15) is 76.2 Å². The molecule has 2 aliphatic carbocycles. The first-order valence-corrected chi connectivity index (χ1v) is 10.5. The van der Waals surface area contributed by atoms with Crippen molar-refractivity contribution >= 4 is 5.91 Å². The summed E-state index contributed by atoms with van der Waals surface area (Å²) in [6.07, 6.45) is 13.2. The number of amides is 1. The molecule has 0 radical (unpaired) electrons. The van der Waals surface area contributed by atoms with E-state index < -0.39 is 0 Å². The van der Waals surface area contributed by atoms with Gasteiger partial charge in [-0.2, -0.15) is 0 Å². The van der Waals surface area contributed by atoms with Crippen molar-refractivity contribution in [3.8, 4) is 11.5 Å². The van der Waals surface area contributed by atoms with Crippen LogP contribution in [0.5, 0.6) is 11.5 Å². The normalized spacial score (nSPS) is 20.5. The molecule has 0 aromatic heterocycles. The number of rotatable bonds is 6. The van der Waals surface area contributed by atoms with Crippen LogP contribution in [-0.2, 0) is 11.3 Å². The minimum Gasteiger partial charge on any atom is -0.454 e. The Balaban J connectivity index is 1.43. The van der Waals surface area contributed by atoms with E-state index in [0.29, 0.717) is 31.7 Å². The van der Waals surface area contributed by atoms with Crippen LogP contribution in [-0.4, -0.2) is 23.6 Å². The highest BCUT2D eigenvalue weighted by Gasteiger charge is 2.27. The Morgan fingerprint density at radius 3 is 2.50 bits per heavy atom. The molecule has 1 aromatic carbocycles. The molecule has 1 aromatic rings. The predicted octanol–water partition coefficient (Wildman–Crippen LogP) is 5.05. The molecule has 4 heteroatoms. The zero-order valence-electron chi connectivity index (χ0n) is 15.8. The molecule has 1 aliphatic heterocycles. The average Bonchev–Trinajstić information content (AvgIpc) is 3.36. The summed E-state index contributed by atoms with van der Waals surface area (Å²) in [6.45, 7) is 0.996. The van der Waals surface area contributed by atoms with Gasteiger partial charge in [0.15, 0.2) is 11.5 Å². The number of hydrogen-bond donors (Lipinski definition) is 0. The van der Waals surface area contributed by atoms with Gasteiger partial charge in [-0.25, -0.2) is 0 Å². The third-order valence-electron chi connectivity index (χ3n) is 6.37. The van der Waals surface area contributed by atoms with Gasteiger partial charge in [-0.15, -0.1) is 0 Å². The summed E-state index contributed by atoms with van der Waals surface area (Å²) in [7, 11) is 0. The second kappa shape index (κ2) is 8.32. The molecule has 3 aliphatic rings. The van der Waals surface area contributed by atoms with Crippen molar-refractivity contribution in [1.82, 2.24) is 4.90 Å². The highest BCUT2D eigenvalue weighted by molar-refractivity contribution is 5.76. The molecule has 0 atom stereocenters. The number of carbonyl (C=O) groups is 1. The van der Waals surface area contributed by atoms with Crippen molar-refractivity contribution < 1.29 is 14.3 Å². The van der Waals surface area contributed by atoms with Gasteiger partial charge < -0.3 is 14.4 Å². The molecule has 0 bridgehead atoms. The van der Waals surface area contributed by atoms with Gasteiger partial charge in [0.05, 0.1) is 0 Å². The van der Waals surface area contributed by atoms with Crippen LogP contribution < -0.4 is 9.47 Å². The zero-order chi connectivity index (χ0) is 17.8. The maximum Gasteiger partial charge on any atom is 0.231 e. The Morgan fingerprint density at radius 1 is 0.962 bits per heavy atom. The molecule has 2 fully saturated rings. The third-order valence-corrected chi connectivity index (χ3v) is 6.37. The van der Waals surface area contributed by atoms with E-state index in [1.165, 1.54) is 44.9 Å². The largest absolute Gasteiger partial charge is 0.454 e. The Morgan fingerprint density at radius 2 is 1.69 bits per heavy atom. The van der Waals surface area contributed by atoms with Crippen LogP contribution in [0.2, 0.25) is 0 Å². The molecule has 4 rings (SSSR count). The molecule has 0 saturated heterocycles. The first kappa shape index (κ1) is 17.7. The van der Waals surface area contributed by atoms with Gasteiger partial charge in [0.1, 0.15) is 0 Å². The monoisotopic (exact) mass is 357 g/mol. The van der Waals surface area contributed by atoms with Crippen LogP contribution in [0.3, 0.4) is 0 Å². The number of ether oxygens (including phenoxy) is 2. The van der Waals surface area contributed by atoms with Crippen LogP contribution >= 0.6 is 0 Å². The summed E-state index contributed by atoms with van der Waals surface area (Å²) in [5.74, 6) is 2.74. The van der Waals surface area contributed by atoms with Crippen LogP contribution in [0.25, 0.3) is 0 Å². The summed E-state index contributed by atoms with van der Waals surface area (Å²) < 4.78 is 10.9. The SMILES string of the molecule is O=C(CCC1CCCC1)N(Cc1ccc2c(c1)OCO2)C1CCCCC1. The zero-order valence-corrected chi connectivity index (χ0v) is 15.8. The van der Waals surface area contributed by atoms with Gasteiger partial charge in [0.2, 0.25) is 12.7 Å². The van der Waals surface area contributed by atoms with Crippen molar-refractivity contribution in [2.45, 2.75) is 83.2 Å². The highest BCUT2D eigenvalue weighted by atomic mass is 16.7. The fourth-order valence-electron chi connectivity index (χ4n) is 4.82. The highest BCUT2D eigenvalue weighted by Crippen LogP contribution is 2.34. The summed E-state index contributed by atoms with van der Waals surface area (Å²) in [5.41, 5.74) is 1.15. The van der Waals surface area contributed by atoms with E-state index in [0.717, 1.165) is 42.2 Å². The van der Waals surface area contributed by atoms with Gasteiger partial charge in [-0.1, -0.05) is 51.0 Å². The molecule has 1 heterocycles. The molecule has 0 N–H and O–H groups in total. The Kier molecular flexibility index (Phi) is 5.66. The smallest absolute Gasteiger partial charge is 0.231 e. The van der Waals surface area contributed by atoms with Crippen LogP contribution in [0, 0.1) is 5.92 Å². The first-order valence-electron chi connectivity index (χ1n) is 10.5. The molecular formula is C22H31NO3. The van der Waals surface area contributed by atoms with Crippen LogP contribution in [0.15, 0.2) is 18.2 Å². The lowest BCUT2D eigenvalue weighted by molar-refractivity contribution is -0.135. The van der Waals surface area contributed by atoms with Gasteiger partial charge in [0, 0.05) is 19.0 Å². The maximum absolute atomic E-state index is 13.1. The van der Waals surface area contributed by atoms with E-state index in [1.54, 1.807) is 0 Å². The summed E-state index contributed by atoms with van der Waals surface area (Å²) >= 11 is 0. The topological polar surface area (TPSA) is 38.8 Å². The molecule has 26 heavy (non-hydrogen) atoms. The predicted molar refractivity (Wildman–Crippen MR) is 101 cm³/mol. The van der Waals surface area contributed by atoms with Crippen molar-refractivity contribution in [3.05, 3.63) is 23.8 Å². The number of carbonyl (C=O) groups excluding carboxylic acids is 1. The molecule has 2 saturated carbocycles. The van der Waals surface area contributed by atoms with E-state index in [4.69, 9.17) is 9.47 Å². The summed E-state index contributed by atoms with van der Waals surface area (Å²) in [4.78, 5) is 15.3. The molecule has 0 unspecified atom stereocenters. The second-order valence-corrected chi connectivity index (χ2v) is 8.19. The van der Waals surface area contributed by atoms with E-state index in [9.17, 15) is 4.79 Å². The maximum atomic E-state index is 13.1. The Bertz CT molecular complexity index is 618. The minimum absolute atomic E-state index is 0.297. The van der Waals surface area contributed by atoms with Gasteiger partial charge in [-0.05, 0) is 42.9 Å². The lowest BCUT2D eigenvalue weighted by Gasteiger charge is -2.35. The summed E-state index contributed by atoms with van der Waals surface area (Å²) in [6, 6.07) is 6.50. The minimum atomic E-state index is 0.297. The van der Waals surface area contributed by atoms with Crippen molar-refractivity contribution in [2.75, 3.05) is 6.79 Å². The van der Waals surface area contributed by atoms with Gasteiger partial charge in [-0.3, -0.25) is 4.79 Å². The molecule has 1 amide bonds. The lowest BCUT2D eigenvalue weighted by atomic mass is 9.93. The van der Waals surface area contributed by atoms with Gasteiger partial charge in [0.25, 0.3) is 0 Å². The fourth-order valence-corrected chi connectivity index (χ4v) is 4.82. The molecular weight excluding hydrogens is 326 g/mol. The quantitative estimate of drug-likeness (QED) is 0.715. The number of hydrogen-bond acceptors (Lipinski definition) is 3.